The highest BCUT2D eigenvalue weighted by molar-refractivity contribution is 7.88. The average molecular weight is 503 g/mol. The van der Waals surface area contributed by atoms with Crippen molar-refractivity contribution < 1.29 is 21.9 Å². The maximum Gasteiger partial charge on any atom is 0.211 e. The van der Waals surface area contributed by atoms with Crippen molar-refractivity contribution in [3.63, 3.8) is 0 Å². The number of nitrogens with zero attached hydrogens (tertiary/aromatic N) is 2. The summed E-state index contributed by atoms with van der Waals surface area (Å²) in [6.07, 6.45) is 7.06. The maximum absolute atomic E-state index is 15.0. The lowest BCUT2D eigenvalue weighted by Crippen LogP contribution is -2.33. The quantitative estimate of drug-likeness (QED) is 0.522. The molecule has 1 fully saturated rings. The van der Waals surface area contributed by atoms with Crippen molar-refractivity contribution in [2.75, 3.05) is 44.4 Å². The average Bonchev–Trinajstić information content (AvgIpc) is 3.29. The van der Waals surface area contributed by atoms with Gasteiger partial charge < -0.3 is 15.0 Å². The molecular formula is C25H28F2N4O3S. The minimum Gasteiger partial charge on any atom is -0.382 e. The van der Waals surface area contributed by atoms with E-state index in [9.17, 15) is 17.2 Å². The number of rotatable bonds is 6. The monoisotopic (exact) mass is 502 g/mol. The summed E-state index contributed by atoms with van der Waals surface area (Å²) in [6, 6.07) is 6.07. The molecule has 35 heavy (non-hydrogen) atoms. The largest absolute Gasteiger partial charge is 0.382 e. The van der Waals surface area contributed by atoms with Gasteiger partial charge in [0.05, 0.1) is 11.9 Å². The van der Waals surface area contributed by atoms with E-state index in [1.165, 1.54) is 16.6 Å². The van der Waals surface area contributed by atoms with Gasteiger partial charge in [-0.3, -0.25) is 0 Å². The molecule has 7 nitrogen and oxygen atoms in total. The number of pyridine rings is 1. The van der Waals surface area contributed by atoms with Gasteiger partial charge in [-0.15, -0.1) is 0 Å². The Morgan fingerprint density at radius 2 is 1.97 bits per heavy atom. The summed E-state index contributed by atoms with van der Waals surface area (Å²) in [7, 11) is -3.24. The number of hydrogen-bond donors (Lipinski definition) is 2. The normalized spacial score (nSPS) is 18.1. The fraction of sp³-hybridized carbons (Fsp3) is 0.400. The van der Waals surface area contributed by atoms with E-state index < -0.39 is 21.7 Å². The van der Waals surface area contributed by atoms with Crippen LogP contribution in [0.2, 0.25) is 0 Å². The molecule has 0 atom stereocenters. The molecule has 0 radical (unpaired) electrons. The van der Waals surface area contributed by atoms with Gasteiger partial charge in [-0.1, -0.05) is 6.08 Å². The van der Waals surface area contributed by atoms with E-state index in [1.807, 2.05) is 12.1 Å². The fourth-order valence-corrected chi connectivity index (χ4v) is 5.50. The standard InChI is InChI=1S/C25H28F2N4O3S/c1-35(32,33)31-8-3-17(4-9-31)23-13-20-18(2-7-28-25(20)30-23)19-12-24(22(27)14-21(19)26)29-15-16-5-10-34-11-6-16/h2-3,7,12-14,16,29H,4-6,8-11,15H2,1H3,(H,28,30). The Morgan fingerprint density at radius 3 is 2.69 bits per heavy atom. The van der Waals surface area contributed by atoms with E-state index in [4.69, 9.17) is 4.74 Å². The zero-order valence-electron chi connectivity index (χ0n) is 19.5. The van der Waals surface area contributed by atoms with Crippen molar-refractivity contribution >= 4 is 32.3 Å². The molecule has 2 N–H and O–H groups in total. The summed E-state index contributed by atoms with van der Waals surface area (Å²) in [6.45, 7) is 2.71. The van der Waals surface area contributed by atoms with Gasteiger partial charge in [0, 0.05) is 61.8 Å². The van der Waals surface area contributed by atoms with Crippen LogP contribution in [0.3, 0.4) is 0 Å². The predicted molar refractivity (Wildman–Crippen MR) is 132 cm³/mol. The van der Waals surface area contributed by atoms with Gasteiger partial charge in [-0.25, -0.2) is 22.2 Å². The lowest BCUT2D eigenvalue weighted by atomic mass is 9.99. The second-order valence-electron chi connectivity index (χ2n) is 9.15. The molecule has 186 valence electrons. The highest BCUT2D eigenvalue weighted by Crippen LogP contribution is 2.35. The Labute approximate surface area is 203 Å². The van der Waals surface area contributed by atoms with Crippen LogP contribution in [0, 0.1) is 17.6 Å². The number of benzene rings is 1. The molecule has 0 spiro atoms. The van der Waals surface area contributed by atoms with Gasteiger partial charge >= 0.3 is 0 Å². The minimum absolute atomic E-state index is 0.268. The van der Waals surface area contributed by atoms with Crippen molar-refractivity contribution in [1.29, 1.82) is 0 Å². The van der Waals surface area contributed by atoms with Gasteiger partial charge in [-0.05, 0) is 54.5 Å². The summed E-state index contributed by atoms with van der Waals surface area (Å²) in [5.41, 5.74) is 3.55. The number of ether oxygens (including phenoxy) is 1. The number of anilines is 1. The third-order valence-corrected chi connectivity index (χ3v) is 8.06. The molecule has 0 bridgehead atoms. The van der Waals surface area contributed by atoms with Crippen molar-refractivity contribution in [3.05, 3.63) is 53.9 Å². The van der Waals surface area contributed by atoms with Crippen LogP contribution in [0.5, 0.6) is 0 Å². The van der Waals surface area contributed by atoms with Crippen molar-refractivity contribution in [2.45, 2.75) is 19.3 Å². The third-order valence-electron chi connectivity index (χ3n) is 6.79. The summed E-state index contributed by atoms with van der Waals surface area (Å²) in [5, 5.41) is 3.88. The van der Waals surface area contributed by atoms with Crippen LogP contribution in [0.25, 0.3) is 27.7 Å². The first-order valence-electron chi connectivity index (χ1n) is 11.7. The topological polar surface area (TPSA) is 87.3 Å². The molecule has 1 aromatic carbocycles. The molecule has 10 heteroatoms. The SMILES string of the molecule is CS(=O)(=O)N1CC=C(c2cc3c(-c4cc(NCC5CCOCC5)c(F)cc4F)ccnc3[nH]2)CC1. The predicted octanol–water partition coefficient (Wildman–Crippen LogP) is 4.40. The molecule has 2 aliphatic heterocycles. The summed E-state index contributed by atoms with van der Waals surface area (Å²) < 4.78 is 59.9. The summed E-state index contributed by atoms with van der Waals surface area (Å²) in [5.74, 6) is -0.880. The Bertz CT molecular complexity index is 1380. The van der Waals surface area contributed by atoms with Crippen LogP contribution in [-0.2, 0) is 14.8 Å². The smallest absolute Gasteiger partial charge is 0.211 e. The first kappa shape index (κ1) is 23.9. The molecule has 2 aromatic heterocycles. The number of hydrogen-bond acceptors (Lipinski definition) is 5. The Morgan fingerprint density at radius 1 is 1.17 bits per heavy atom. The third kappa shape index (κ3) is 5.10. The Balaban J connectivity index is 1.45. The molecular weight excluding hydrogens is 474 g/mol. The van der Waals surface area contributed by atoms with Crippen molar-refractivity contribution in [2.24, 2.45) is 5.92 Å². The van der Waals surface area contributed by atoms with Crippen molar-refractivity contribution in [1.82, 2.24) is 14.3 Å². The number of fused-ring (bicyclic) bond motifs is 1. The van der Waals surface area contributed by atoms with E-state index in [2.05, 4.69) is 15.3 Å². The van der Waals surface area contributed by atoms with Crippen LogP contribution in [0.4, 0.5) is 14.5 Å². The van der Waals surface area contributed by atoms with Crippen LogP contribution >= 0.6 is 0 Å². The first-order valence-corrected chi connectivity index (χ1v) is 13.6. The highest BCUT2D eigenvalue weighted by atomic mass is 32.2. The van der Waals surface area contributed by atoms with Gasteiger partial charge in [-0.2, -0.15) is 4.31 Å². The second-order valence-corrected chi connectivity index (χ2v) is 11.1. The fourth-order valence-electron chi connectivity index (χ4n) is 4.73. The van der Waals surface area contributed by atoms with Gasteiger partial charge in [0.15, 0.2) is 0 Å². The molecule has 1 saturated heterocycles. The molecule has 4 heterocycles. The number of H-pyrrole nitrogens is 1. The first-order chi connectivity index (χ1) is 16.8. The van der Waals surface area contributed by atoms with Crippen LogP contribution in [-0.4, -0.2) is 61.8 Å². The lowest BCUT2D eigenvalue weighted by Gasteiger charge is -2.23. The lowest BCUT2D eigenvalue weighted by molar-refractivity contribution is 0.0699. The molecule has 0 aliphatic carbocycles. The Kier molecular flexibility index (Phi) is 6.61. The number of aromatic amines is 1. The molecule has 0 amide bonds. The molecule has 0 unspecified atom stereocenters. The minimum atomic E-state index is -3.24. The number of aromatic nitrogens is 2. The van der Waals surface area contributed by atoms with E-state index in [1.54, 1.807) is 12.3 Å². The zero-order chi connectivity index (χ0) is 24.6. The highest BCUT2D eigenvalue weighted by Gasteiger charge is 2.22. The molecule has 3 aromatic rings. The van der Waals surface area contributed by atoms with Crippen LogP contribution in [0.1, 0.15) is 25.0 Å². The molecule has 2 aliphatic rings. The van der Waals surface area contributed by atoms with E-state index in [0.717, 1.165) is 35.6 Å². The number of halogens is 2. The van der Waals surface area contributed by atoms with E-state index in [-0.39, 0.29) is 5.69 Å². The van der Waals surface area contributed by atoms with Gasteiger partial charge in [0.1, 0.15) is 17.3 Å². The van der Waals surface area contributed by atoms with Gasteiger partial charge in [0.2, 0.25) is 10.0 Å². The number of sulfonamides is 1. The number of nitrogens with one attached hydrogen (secondary N) is 2. The maximum atomic E-state index is 15.0. The van der Waals surface area contributed by atoms with Crippen LogP contribution in [0.15, 0.2) is 36.5 Å². The summed E-state index contributed by atoms with van der Waals surface area (Å²) in [4.78, 5) is 7.66. The zero-order valence-corrected chi connectivity index (χ0v) is 20.3. The van der Waals surface area contributed by atoms with E-state index in [0.29, 0.717) is 62.0 Å². The summed E-state index contributed by atoms with van der Waals surface area (Å²) >= 11 is 0. The van der Waals surface area contributed by atoms with Gasteiger partial charge in [0.25, 0.3) is 0 Å². The van der Waals surface area contributed by atoms with Crippen molar-refractivity contribution in [3.8, 4) is 11.1 Å². The molecule has 0 saturated carbocycles. The van der Waals surface area contributed by atoms with Crippen LogP contribution < -0.4 is 5.32 Å². The van der Waals surface area contributed by atoms with E-state index >= 15 is 0 Å². The Hall–Kier alpha value is -2.82. The second kappa shape index (κ2) is 9.67. The molecule has 5 rings (SSSR count).